The highest BCUT2D eigenvalue weighted by Crippen LogP contribution is 2.17. The van der Waals surface area contributed by atoms with E-state index in [-0.39, 0.29) is 0 Å². The molecular formula is C17H28BrN. The van der Waals surface area contributed by atoms with Gasteiger partial charge in [0.05, 0.1) is 0 Å². The highest BCUT2D eigenvalue weighted by molar-refractivity contribution is 9.10. The Bertz CT molecular complexity index is 360. The van der Waals surface area contributed by atoms with Gasteiger partial charge in [0.25, 0.3) is 0 Å². The van der Waals surface area contributed by atoms with Crippen LogP contribution in [-0.4, -0.2) is 6.54 Å². The Hall–Kier alpha value is -0.340. The summed E-state index contributed by atoms with van der Waals surface area (Å²) in [5.41, 5.74) is 2.66. The molecule has 0 saturated heterocycles. The predicted molar refractivity (Wildman–Crippen MR) is 88.5 cm³/mol. The van der Waals surface area contributed by atoms with Crippen molar-refractivity contribution in [3.8, 4) is 0 Å². The summed E-state index contributed by atoms with van der Waals surface area (Å²) in [6.07, 6.45) is 6.81. The Balaban J connectivity index is 2.03. The van der Waals surface area contributed by atoms with Gasteiger partial charge in [-0.15, -0.1) is 0 Å². The molecule has 0 aromatic heterocycles. The van der Waals surface area contributed by atoms with E-state index in [1.165, 1.54) is 47.7 Å². The van der Waals surface area contributed by atoms with Crippen molar-refractivity contribution in [2.75, 3.05) is 6.54 Å². The summed E-state index contributed by atoms with van der Waals surface area (Å²) < 4.78 is 1.21. The zero-order chi connectivity index (χ0) is 14.1. The van der Waals surface area contributed by atoms with E-state index in [0.717, 1.165) is 19.0 Å². The number of aryl methyl sites for hydroxylation is 1. The normalized spacial score (nSPS) is 11.2. The molecule has 19 heavy (non-hydrogen) atoms. The van der Waals surface area contributed by atoms with Crippen molar-refractivity contribution in [1.29, 1.82) is 0 Å². The Morgan fingerprint density at radius 1 is 1.11 bits per heavy atom. The SMILES string of the molecule is Cc1ccc(CNCCCCCCC(C)C)cc1Br. The van der Waals surface area contributed by atoms with Crippen LogP contribution in [0.4, 0.5) is 0 Å². The number of hydrogen-bond acceptors (Lipinski definition) is 1. The number of unbranched alkanes of at least 4 members (excludes halogenated alkanes) is 3. The van der Waals surface area contributed by atoms with Crippen molar-refractivity contribution in [2.24, 2.45) is 5.92 Å². The standard InChI is InChI=1S/C17H28BrN/c1-14(2)8-6-4-5-7-11-19-13-16-10-9-15(3)17(18)12-16/h9-10,12,14,19H,4-8,11,13H2,1-3H3. The summed E-state index contributed by atoms with van der Waals surface area (Å²) in [6, 6.07) is 6.59. The van der Waals surface area contributed by atoms with Gasteiger partial charge < -0.3 is 5.32 Å². The first kappa shape index (κ1) is 16.7. The van der Waals surface area contributed by atoms with Crippen LogP contribution in [0.5, 0.6) is 0 Å². The lowest BCUT2D eigenvalue weighted by atomic mass is 10.0. The molecule has 0 bridgehead atoms. The third kappa shape index (κ3) is 7.74. The molecule has 0 atom stereocenters. The van der Waals surface area contributed by atoms with E-state index < -0.39 is 0 Å². The first-order chi connectivity index (χ1) is 9.09. The van der Waals surface area contributed by atoms with Gasteiger partial charge in [-0.3, -0.25) is 0 Å². The molecule has 1 aromatic carbocycles. The van der Waals surface area contributed by atoms with Gasteiger partial charge in [-0.25, -0.2) is 0 Å². The lowest BCUT2D eigenvalue weighted by Crippen LogP contribution is -2.14. The second-order valence-corrected chi connectivity index (χ2v) is 6.71. The predicted octanol–water partition coefficient (Wildman–Crippen LogP) is 5.45. The van der Waals surface area contributed by atoms with E-state index in [0.29, 0.717) is 0 Å². The molecule has 0 aliphatic heterocycles. The van der Waals surface area contributed by atoms with Gasteiger partial charge in [0.15, 0.2) is 0 Å². The van der Waals surface area contributed by atoms with Crippen molar-refractivity contribution >= 4 is 15.9 Å². The van der Waals surface area contributed by atoms with Crippen LogP contribution in [0.1, 0.15) is 57.1 Å². The zero-order valence-electron chi connectivity index (χ0n) is 12.6. The molecule has 0 fully saturated rings. The second kappa shape index (κ2) is 9.55. The molecule has 0 aliphatic carbocycles. The minimum absolute atomic E-state index is 0.859. The highest BCUT2D eigenvalue weighted by Gasteiger charge is 1.98. The van der Waals surface area contributed by atoms with E-state index in [9.17, 15) is 0 Å². The Labute approximate surface area is 127 Å². The topological polar surface area (TPSA) is 12.0 Å². The fraction of sp³-hybridized carbons (Fsp3) is 0.647. The maximum absolute atomic E-state index is 3.58. The van der Waals surface area contributed by atoms with E-state index >= 15 is 0 Å². The molecular weight excluding hydrogens is 298 g/mol. The van der Waals surface area contributed by atoms with Crippen LogP contribution in [0.25, 0.3) is 0 Å². The molecule has 0 aliphatic rings. The number of rotatable bonds is 9. The molecule has 0 amide bonds. The number of nitrogens with one attached hydrogen (secondary N) is 1. The summed E-state index contributed by atoms with van der Waals surface area (Å²) >= 11 is 3.58. The summed E-state index contributed by atoms with van der Waals surface area (Å²) in [5, 5.41) is 3.53. The smallest absolute Gasteiger partial charge is 0.0207 e. The second-order valence-electron chi connectivity index (χ2n) is 5.86. The monoisotopic (exact) mass is 325 g/mol. The average molecular weight is 326 g/mol. The summed E-state index contributed by atoms with van der Waals surface area (Å²) in [4.78, 5) is 0. The minimum atomic E-state index is 0.859. The Morgan fingerprint density at radius 3 is 2.53 bits per heavy atom. The van der Waals surface area contributed by atoms with E-state index in [4.69, 9.17) is 0 Å². The van der Waals surface area contributed by atoms with Crippen molar-refractivity contribution in [3.63, 3.8) is 0 Å². The van der Waals surface area contributed by atoms with Gasteiger partial charge in [0.1, 0.15) is 0 Å². The molecule has 0 saturated carbocycles. The fourth-order valence-corrected chi connectivity index (χ4v) is 2.56. The summed E-state index contributed by atoms with van der Waals surface area (Å²) in [7, 11) is 0. The number of halogens is 1. The van der Waals surface area contributed by atoms with Crippen LogP contribution in [-0.2, 0) is 6.54 Å². The van der Waals surface area contributed by atoms with E-state index in [1.807, 2.05) is 0 Å². The first-order valence-corrected chi connectivity index (χ1v) is 8.34. The van der Waals surface area contributed by atoms with Crippen LogP contribution in [0.3, 0.4) is 0 Å². The van der Waals surface area contributed by atoms with Crippen LogP contribution in [0.2, 0.25) is 0 Å². The Morgan fingerprint density at radius 2 is 1.84 bits per heavy atom. The number of benzene rings is 1. The number of hydrogen-bond donors (Lipinski definition) is 1. The van der Waals surface area contributed by atoms with E-state index in [2.05, 4.69) is 60.2 Å². The quantitative estimate of drug-likeness (QED) is 0.595. The molecule has 1 N–H and O–H groups in total. The van der Waals surface area contributed by atoms with Gasteiger partial charge in [-0.05, 0) is 43.0 Å². The molecule has 0 radical (unpaired) electrons. The lowest BCUT2D eigenvalue weighted by Gasteiger charge is -2.07. The Kier molecular flexibility index (Phi) is 8.40. The third-order valence-electron chi connectivity index (χ3n) is 3.45. The fourth-order valence-electron chi connectivity index (χ4n) is 2.14. The molecule has 0 unspecified atom stereocenters. The highest BCUT2D eigenvalue weighted by atomic mass is 79.9. The molecule has 0 heterocycles. The van der Waals surface area contributed by atoms with Crippen molar-refractivity contribution in [2.45, 2.75) is 59.4 Å². The maximum Gasteiger partial charge on any atom is 0.0207 e. The average Bonchev–Trinajstić information content (AvgIpc) is 2.36. The van der Waals surface area contributed by atoms with Crippen LogP contribution < -0.4 is 5.32 Å². The van der Waals surface area contributed by atoms with Crippen LogP contribution >= 0.6 is 15.9 Å². The van der Waals surface area contributed by atoms with Gasteiger partial charge in [-0.1, -0.05) is 67.6 Å². The van der Waals surface area contributed by atoms with Gasteiger partial charge >= 0.3 is 0 Å². The molecule has 1 rings (SSSR count). The molecule has 1 nitrogen and oxygen atoms in total. The van der Waals surface area contributed by atoms with Crippen LogP contribution in [0, 0.1) is 12.8 Å². The van der Waals surface area contributed by atoms with Gasteiger partial charge in [0.2, 0.25) is 0 Å². The van der Waals surface area contributed by atoms with Crippen LogP contribution in [0.15, 0.2) is 22.7 Å². The molecule has 1 aromatic rings. The molecule has 108 valence electrons. The zero-order valence-corrected chi connectivity index (χ0v) is 14.2. The summed E-state index contributed by atoms with van der Waals surface area (Å²) in [5.74, 6) is 0.859. The maximum atomic E-state index is 3.58. The molecule has 2 heteroatoms. The lowest BCUT2D eigenvalue weighted by molar-refractivity contribution is 0.512. The first-order valence-electron chi connectivity index (χ1n) is 7.55. The van der Waals surface area contributed by atoms with Gasteiger partial charge in [0, 0.05) is 11.0 Å². The van der Waals surface area contributed by atoms with E-state index in [1.54, 1.807) is 0 Å². The van der Waals surface area contributed by atoms with Crippen molar-refractivity contribution in [1.82, 2.24) is 5.32 Å². The van der Waals surface area contributed by atoms with Gasteiger partial charge in [-0.2, -0.15) is 0 Å². The minimum Gasteiger partial charge on any atom is -0.313 e. The largest absolute Gasteiger partial charge is 0.313 e. The van der Waals surface area contributed by atoms with Crippen molar-refractivity contribution in [3.05, 3.63) is 33.8 Å². The third-order valence-corrected chi connectivity index (χ3v) is 4.30. The van der Waals surface area contributed by atoms with Crippen molar-refractivity contribution < 1.29 is 0 Å². The summed E-state index contributed by atoms with van der Waals surface area (Å²) in [6.45, 7) is 8.85. The molecule has 0 spiro atoms.